The molecule has 2 rings (SSSR count). The number of amides is 1. The second-order valence-corrected chi connectivity index (χ2v) is 5.32. The van der Waals surface area contributed by atoms with Gasteiger partial charge in [-0.1, -0.05) is 0 Å². The van der Waals surface area contributed by atoms with Crippen LogP contribution in [-0.2, 0) is 0 Å². The summed E-state index contributed by atoms with van der Waals surface area (Å²) in [5, 5.41) is 6.16. The van der Waals surface area contributed by atoms with Crippen LogP contribution in [-0.4, -0.2) is 30.5 Å². The van der Waals surface area contributed by atoms with Crippen molar-refractivity contribution in [2.45, 2.75) is 12.8 Å². The van der Waals surface area contributed by atoms with Crippen molar-refractivity contribution in [2.24, 2.45) is 5.92 Å². The standard InChI is InChI=1S/C12H16BrN3O2/c13-10-5-9(7-16-12(10)18)11(17)15-4-2-8-1-3-14-6-8/h5,7-8,14H,1-4,6H2,(H,15,17)(H,16,18). The minimum atomic E-state index is -0.233. The van der Waals surface area contributed by atoms with Crippen LogP contribution in [0.3, 0.4) is 0 Å². The number of pyridine rings is 1. The lowest BCUT2D eigenvalue weighted by Crippen LogP contribution is -2.27. The van der Waals surface area contributed by atoms with Crippen molar-refractivity contribution in [1.29, 1.82) is 0 Å². The van der Waals surface area contributed by atoms with Crippen LogP contribution in [0, 0.1) is 5.92 Å². The van der Waals surface area contributed by atoms with Crippen molar-refractivity contribution in [3.63, 3.8) is 0 Å². The summed E-state index contributed by atoms with van der Waals surface area (Å²) >= 11 is 3.10. The number of hydrogen-bond acceptors (Lipinski definition) is 3. The number of halogens is 1. The van der Waals surface area contributed by atoms with Gasteiger partial charge in [-0.05, 0) is 53.8 Å². The van der Waals surface area contributed by atoms with Gasteiger partial charge in [0.1, 0.15) is 0 Å². The zero-order valence-electron chi connectivity index (χ0n) is 9.96. The minimum absolute atomic E-state index is 0.155. The molecule has 1 aliphatic heterocycles. The third kappa shape index (κ3) is 3.43. The first-order chi connectivity index (χ1) is 8.66. The molecule has 18 heavy (non-hydrogen) atoms. The maximum Gasteiger partial charge on any atom is 0.262 e. The first kappa shape index (κ1) is 13.3. The Morgan fingerprint density at radius 2 is 2.39 bits per heavy atom. The van der Waals surface area contributed by atoms with Gasteiger partial charge in [0.2, 0.25) is 0 Å². The Labute approximate surface area is 113 Å². The van der Waals surface area contributed by atoms with E-state index in [1.807, 2.05) is 0 Å². The molecular formula is C12H16BrN3O2. The molecule has 5 nitrogen and oxygen atoms in total. The highest BCUT2D eigenvalue weighted by Crippen LogP contribution is 2.11. The molecule has 0 aromatic carbocycles. The lowest BCUT2D eigenvalue weighted by molar-refractivity contribution is 0.0951. The first-order valence-corrected chi connectivity index (χ1v) is 6.83. The van der Waals surface area contributed by atoms with E-state index < -0.39 is 0 Å². The lowest BCUT2D eigenvalue weighted by atomic mass is 10.1. The van der Waals surface area contributed by atoms with E-state index in [0.29, 0.717) is 22.5 Å². The molecule has 1 fully saturated rings. The summed E-state index contributed by atoms with van der Waals surface area (Å²) in [5.41, 5.74) is 0.231. The molecule has 1 aromatic rings. The molecule has 1 atom stereocenters. The van der Waals surface area contributed by atoms with Gasteiger partial charge in [-0.2, -0.15) is 0 Å². The molecular weight excluding hydrogens is 298 g/mol. The summed E-state index contributed by atoms with van der Waals surface area (Å²) in [6.45, 7) is 2.79. The number of aromatic nitrogens is 1. The Morgan fingerprint density at radius 1 is 1.56 bits per heavy atom. The molecule has 0 saturated carbocycles. The molecule has 0 spiro atoms. The van der Waals surface area contributed by atoms with Gasteiger partial charge < -0.3 is 15.6 Å². The van der Waals surface area contributed by atoms with Crippen LogP contribution in [0.5, 0.6) is 0 Å². The summed E-state index contributed by atoms with van der Waals surface area (Å²) in [6.07, 6.45) is 3.60. The highest BCUT2D eigenvalue weighted by atomic mass is 79.9. The quantitative estimate of drug-likeness (QED) is 0.772. The van der Waals surface area contributed by atoms with Gasteiger partial charge in [0, 0.05) is 12.7 Å². The Bertz CT molecular complexity index is 480. The minimum Gasteiger partial charge on any atom is -0.352 e. The fraction of sp³-hybridized carbons (Fsp3) is 0.500. The Morgan fingerprint density at radius 3 is 3.06 bits per heavy atom. The zero-order valence-corrected chi connectivity index (χ0v) is 11.5. The second-order valence-electron chi connectivity index (χ2n) is 4.47. The van der Waals surface area contributed by atoms with Crippen molar-refractivity contribution in [2.75, 3.05) is 19.6 Å². The Kier molecular flexibility index (Phi) is 4.54. The van der Waals surface area contributed by atoms with Crippen molar-refractivity contribution in [3.05, 3.63) is 32.7 Å². The van der Waals surface area contributed by atoms with Gasteiger partial charge >= 0.3 is 0 Å². The molecule has 2 heterocycles. The molecule has 1 aromatic heterocycles. The van der Waals surface area contributed by atoms with Gasteiger partial charge in [-0.3, -0.25) is 9.59 Å². The van der Waals surface area contributed by atoms with Crippen LogP contribution in [0.4, 0.5) is 0 Å². The molecule has 0 radical (unpaired) electrons. The summed E-state index contributed by atoms with van der Waals surface area (Å²) < 4.78 is 0.371. The maximum absolute atomic E-state index is 11.8. The predicted octanol–water partition coefficient (Wildman–Crippen LogP) is 0.867. The number of rotatable bonds is 4. The number of H-pyrrole nitrogens is 1. The Hall–Kier alpha value is -1.14. The van der Waals surface area contributed by atoms with E-state index in [0.717, 1.165) is 19.5 Å². The van der Waals surface area contributed by atoms with Gasteiger partial charge in [0.15, 0.2) is 0 Å². The van der Waals surface area contributed by atoms with Crippen molar-refractivity contribution in [1.82, 2.24) is 15.6 Å². The molecule has 3 N–H and O–H groups in total. The maximum atomic E-state index is 11.8. The smallest absolute Gasteiger partial charge is 0.262 e. The number of hydrogen-bond donors (Lipinski definition) is 3. The molecule has 98 valence electrons. The summed E-state index contributed by atoms with van der Waals surface area (Å²) in [6, 6.07) is 1.53. The fourth-order valence-electron chi connectivity index (χ4n) is 2.04. The highest BCUT2D eigenvalue weighted by Gasteiger charge is 2.14. The van der Waals surface area contributed by atoms with Crippen LogP contribution in [0.2, 0.25) is 0 Å². The van der Waals surface area contributed by atoms with E-state index in [9.17, 15) is 9.59 Å². The van der Waals surface area contributed by atoms with E-state index in [1.54, 1.807) is 0 Å². The number of carbonyl (C=O) groups is 1. The predicted molar refractivity (Wildman–Crippen MR) is 72.7 cm³/mol. The molecule has 0 bridgehead atoms. The number of carbonyl (C=O) groups excluding carboxylic acids is 1. The van der Waals surface area contributed by atoms with E-state index in [1.165, 1.54) is 18.7 Å². The normalized spacial score (nSPS) is 18.8. The van der Waals surface area contributed by atoms with Crippen LogP contribution < -0.4 is 16.2 Å². The molecule has 1 aliphatic rings. The summed E-state index contributed by atoms with van der Waals surface area (Å²) in [5.74, 6) is 0.505. The van der Waals surface area contributed by atoms with Crippen LogP contribution >= 0.6 is 15.9 Å². The van der Waals surface area contributed by atoms with Crippen molar-refractivity contribution >= 4 is 21.8 Å². The van der Waals surface area contributed by atoms with Crippen LogP contribution in [0.25, 0.3) is 0 Å². The number of aromatic amines is 1. The largest absolute Gasteiger partial charge is 0.352 e. The van der Waals surface area contributed by atoms with Crippen molar-refractivity contribution < 1.29 is 4.79 Å². The Balaban J connectivity index is 1.83. The highest BCUT2D eigenvalue weighted by molar-refractivity contribution is 9.10. The third-order valence-electron chi connectivity index (χ3n) is 3.12. The van der Waals surface area contributed by atoms with Crippen LogP contribution in [0.1, 0.15) is 23.2 Å². The third-order valence-corrected chi connectivity index (χ3v) is 3.71. The van der Waals surface area contributed by atoms with Gasteiger partial charge in [-0.25, -0.2) is 0 Å². The van der Waals surface area contributed by atoms with Crippen LogP contribution in [0.15, 0.2) is 21.5 Å². The average molecular weight is 314 g/mol. The molecule has 1 amide bonds. The summed E-state index contributed by atoms with van der Waals surface area (Å²) in [4.78, 5) is 25.5. The second kappa shape index (κ2) is 6.15. The lowest BCUT2D eigenvalue weighted by Gasteiger charge is -2.09. The average Bonchev–Trinajstić information content (AvgIpc) is 2.85. The fourth-order valence-corrected chi connectivity index (χ4v) is 2.40. The molecule has 6 heteroatoms. The van der Waals surface area contributed by atoms with Gasteiger partial charge in [0.05, 0.1) is 10.0 Å². The summed E-state index contributed by atoms with van der Waals surface area (Å²) in [7, 11) is 0. The topological polar surface area (TPSA) is 74.0 Å². The first-order valence-electron chi connectivity index (χ1n) is 6.04. The van der Waals surface area contributed by atoms with E-state index >= 15 is 0 Å². The van der Waals surface area contributed by atoms with E-state index in [4.69, 9.17) is 0 Å². The molecule has 0 aliphatic carbocycles. The monoisotopic (exact) mass is 313 g/mol. The SMILES string of the molecule is O=C(NCCC1CCNC1)c1c[nH]c(=O)c(Br)c1. The van der Waals surface area contributed by atoms with Crippen molar-refractivity contribution in [3.8, 4) is 0 Å². The number of nitrogens with one attached hydrogen (secondary N) is 3. The molecule has 1 unspecified atom stereocenters. The zero-order chi connectivity index (χ0) is 13.0. The molecule has 1 saturated heterocycles. The van der Waals surface area contributed by atoms with Gasteiger partial charge in [0.25, 0.3) is 11.5 Å². The van der Waals surface area contributed by atoms with E-state index in [2.05, 4.69) is 31.5 Å². The van der Waals surface area contributed by atoms with Gasteiger partial charge in [-0.15, -0.1) is 0 Å². The van der Waals surface area contributed by atoms with E-state index in [-0.39, 0.29) is 11.5 Å².